The van der Waals surface area contributed by atoms with Crippen LogP contribution in [0.25, 0.3) is 0 Å². The van der Waals surface area contributed by atoms with E-state index in [0.29, 0.717) is 16.4 Å². The Labute approximate surface area is 161 Å². The predicted octanol–water partition coefficient (Wildman–Crippen LogP) is 5.09. The van der Waals surface area contributed by atoms with Crippen LogP contribution in [0.4, 0.5) is 13.9 Å². The van der Waals surface area contributed by atoms with Crippen LogP contribution in [0.5, 0.6) is 0 Å². The first-order valence-corrected chi connectivity index (χ1v) is 9.67. The van der Waals surface area contributed by atoms with Crippen molar-refractivity contribution in [2.24, 2.45) is 10.9 Å². The molecule has 1 amide bonds. The van der Waals surface area contributed by atoms with Crippen molar-refractivity contribution in [1.82, 2.24) is 4.98 Å². The van der Waals surface area contributed by atoms with Crippen LogP contribution < -0.4 is 5.32 Å². The molecular formula is C20H23F2N3OS. The van der Waals surface area contributed by atoms with E-state index in [1.54, 1.807) is 13.3 Å². The first-order chi connectivity index (χ1) is 12.7. The molecule has 1 aromatic rings. The summed E-state index contributed by atoms with van der Waals surface area (Å²) in [5.74, 6) is -1.71. The topological polar surface area (TPSA) is 54.4 Å². The number of thiazole rings is 1. The molecule has 144 valence electrons. The van der Waals surface area contributed by atoms with Crippen molar-refractivity contribution in [2.75, 3.05) is 12.4 Å². The van der Waals surface area contributed by atoms with Gasteiger partial charge in [0, 0.05) is 24.1 Å². The minimum atomic E-state index is -1.05. The predicted molar refractivity (Wildman–Crippen MR) is 106 cm³/mol. The number of aliphatic imine (C=N–C) groups is 1. The van der Waals surface area contributed by atoms with Crippen molar-refractivity contribution in [1.29, 1.82) is 0 Å². The summed E-state index contributed by atoms with van der Waals surface area (Å²) in [5.41, 5.74) is 3.00. The Morgan fingerprint density at radius 1 is 1.44 bits per heavy atom. The molecule has 0 aliphatic heterocycles. The maximum Gasteiger partial charge on any atom is 0.232 e. The fraction of sp³-hybridized carbons (Fsp3) is 0.450. The van der Waals surface area contributed by atoms with Crippen LogP contribution in [0.3, 0.4) is 0 Å². The monoisotopic (exact) mass is 391 g/mol. The highest BCUT2D eigenvalue weighted by Gasteiger charge is 2.45. The van der Waals surface area contributed by atoms with Gasteiger partial charge in [0.25, 0.3) is 0 Å². The third-order valence-electron chi connectivity index (χ3n) is 4.92. The molecule has 3 rings (SSSR count). The highest BCUT2D eigenvalue weighted by molar-refractivity contribution is 7.16. The maximum atomic E-state index is 14.9. The van der Waals surface area contributed by atoms with Crippen LogP contribution in [0, 0.1) is 5.92 Å². The van der Waals surface area contributed by atoms with Gasteiger partial charge in [0.1, 0.15) is 12.0 Å². The molecule has 2 aliphatic carbocycles. The molecule has 1 heterocycles. The fourth-order valence-electron chi connectivity index (χ4n) is 3.24. The number of nitrogens with one attached hydrogen (secondary N) is 1. The number of alkyl halides is 1. The van der Waals surface area contributed by atoms with Crippen molar-refractivity contribution >= 4 is 28.6 Å². The second-order valence-electron chi connectivity index (χ2n) is 7.24. The third kappa shape index (κ3) is 3.78. The molecule has 1 saturated carbocycles. The zero-order valence-corrected chi connectivity index (χ0v) is 16.7. The van der Waals surface area contributed by atoms with E-state index in [1.807, 2.05) is 20.8 Å². The molecule has 0 spiro atoms. The van der Waals surface area contributed by atoms with Crippen LogP contribution in [0.1, 0.15) is 49.6 Å². The number of aromatic nitrogens is 1. The van der Waals surface area contributed by atoms with Gasteiger partial charge in [-0.05, 0) is 37.5 Å². The van der Waals surface area contributed by atoms with Crippen molar-refractivity contribution in [3.05, 3.63) is 45.8 Å². The Bertz CT molecular complexity index is 880. The Morgan fingerprint density at radius 3 is 2.67 bits per heavy atom. The van der Waals surface area contributed by atoms with E-state index < -0.39 is 18.0 Å². The largest absolute Gasteiger partial charge is 0.302 e. The Hall–Kier alpha value is -2.15. The number of anilines is 1. The number of allylic oxidation sites excluding steroid dienone is 5. The van der Waals surface area contributed by atoms with Gasteiger partial charge in [-0.2, -0.15) is 0 Å². The van der Waals surface area contributed by atoms with E-state index in [-0.39, 0.29) is 24.1 Å². The Morgan fingerprint density at radius 2 is 2.11 bits per heavy atom. The SMILES string of the molecule is C=C(/C=C(/F)C1c2nc(NC(=O)[C@@H]3C[C@@H]3F)sc2[C@@H]1C)C(C=NC)=C(C)C. The Kier molecular flexibility index (Phi) is 5.42. The number of hydrogen-bond donors (Lipinski definition) is 1. The number of halogens is 2. The lowest BCUT2D eigenvalue weighted by molar-refractivity contribution is -0.117. The lowest BCUT2D eigenvalue weighted by Crippen LogP contribution is -2.21. The van der Waals surface area contributed by atoms with Crippen molar-refractivity contribution in [3.63, 3.8) is 0 Å². The van der Waals surface area contributed by atoms with Crippen molar-refractivity contribution in [2.45, 2.75) is 45.2 Å². The molecule has 1 aromatic heterocycles. The van der Waals surface area contributed by atoms with Gasteiger partial charge in [0.2, 0.25) is 5.91 Å². The van der Waals surface area contributed by atoms with Crippen LogP contribution in [0.2, 0.25) is 0 Å². The highest BCUT2D eigenvalue weighted by Crippen LogP contribution is 2.54. The van der Waals surface area contributed by atoms with Gasteiger partial charge in [-0.3, -0.25) is 9.79 Å². The summed E-state index contributed by atoms with van der Waals surface area (Å²) in [6, 6.07) is 0. The van der Waals surface area contributed by atoms with Crippen molar-refractivity contribution < 1.29 is 13.6 Å². The number of hydrogen-bond acceptors (Lipinski definition) is 4. The van der Waals surface area contributed by atoms with Crippen molar-refractivity contribution in [3.8, 4) is 0 Å². The minimum absolute atomic E-state index is 0.0305. The molecule has 1 N–H and O–H groups in total. The van der Waals surface area contributed by atoms with Crippen LogP contribution in [-0.2, 0) is 4.79 Å². The van der Waals surface area contributed by atoms with E-state index in [0.717, 1.165) is 16.0 Å². The summed E-state index contributed by atoms with van der Waals surface area (Å²) in [6.45, 7) is 9.74. The molecule has 0 saturated heterocycles. The summed E-state index contributed by atoms with van der Waals surface area (Å²) in [6.07, 6.45) is 2.32. The van der Waals surface area contributed by atoms with Gasteiger partial charge in [0.15, 0.2) is 5.13 Å². The van der Waals surface area contributed by atoms with Gasteiger partial charge < -0.3 is 5.32 Å². The van der Waals surface area contributed by atoms with Gasteiger partial charge in [0.05, 0.1) is 17.5 Å². The number of rotatable bonds is 6. The van der Waals surface area contributed by atoms with Crippen LogP contribution >= 0.6 is 11.3 Å². The average Bonchev–Trinajstić information content (AvgIpc) is 3.22. The number of nitrogens with zero attached hydrogens (tertiary/aromatic N) is 2. The molecule has 2 aliphatic rings. The number of carbonyl (C=O) groups is 1. The average molecular weight is 391 g/mol. The summed E-state index contributed by atoms with van der Waals surface area (Å²) < 4.78 is 27.9. The van der Waals surface area contributed by atoms with E-state index in [9.17, 15) is 13.6 Å². The number of fused-ring (bicyclic) bond motifs is 1. The quantitative estimate of drug-likeness (QED) is 0.543. The highest BCUT2D eigenvalue weighted by atomic mass is 32.1. The zero-order chi connectivity index (χ0) is 19.9. The van der Waals surface area contributed by atoms with E-state index in [1.165, 1.54) is 17.4 Å². The number of carbonyl (C=O) groups excluding carboxylic acids is 1. The normalized spacial score (nSPS) is 26.4. The molecule has 0 aromatic carbocycles. The molecule has 4 atom stereocenters. The summed E-state index contributed by atoms with van der Waals surface area (Å²) in [7, 11) is 1.66. The first-order valence-electron chi connectivity index (χ1n) is 8.86. The molecular weight excluding hydrogens is 368 g/mol. The van der Waals surface area contributed by atoms with E-state index >= 15 is 0 Å². The minimum Gasteiger partial charge on any atom is -0.302 e. The summed E-state index contributed by atoms with van der Waals surface area (Å²) in [4.78, 5) is 21.2. The first kappa shape index (κ1) is 19.6. The third-order valence-corrected chi connectivity index (χ3v) is 6.11. The Balaban J connectivity index is 1.76. The zero-order valence-electron chi connectivity index (χ0n) is 15.8. The van der Waals surface area contributed by atoms with Gasteiger partial charge >= 0.3 is 0 Å². The van der Waals surface area contributed by atoms with Gasteiger partial charge in [-0.25, -0.2) is 13.8 Å². The molecule has 0 bridgehead atoms. The van der Waals surface area contributed by atoms with Gasteiger partial charge in [-0.1, -0.05) is 19.1 Å². The maximum absolute atomic E-state index is 14.9. The number of amides is 1. The fourth-order valence-corrected chi connectivity index (χ4v) is 4.34. The standard InChI is InChI=1S/C20H23F2N3OS/c1-9(2)13(8-23-5)10(3)6-15(22)16-11(4)18-17(16)24-20(27-18)25-19(26)12-7-14(12)21/h6,8,11-12,14,16H,3,7H2,1-2,4-5H3,(H,24,25,26)/b15-6+,23-8?/t11-,12-,14+,16?/m1/s1. The van der Waals surface area contributed by atoms with E-state index in [4.69, 9.17) is 0 Å². The molecule has 4 nitrogen and oxygen atoms in total. The lowest BCUT2D eigenvalue weighted by atomic mass is 9.76. The molecule has 7 heteroatoms. The summed E-state index contributed by atoms with van der Waals surface area (Å²) in [5, 5.41) is 3.06. The van der Waals surface area contributed by atoms with E-state index in [2.05, 4.69) is 21.9 Å². The van der Waals surface area contributed by atoms with Crippen LogP contribution in [0.15, 0.2) is 40.2 Å². The van der Waals surface area contributed by atoms with Crippen LogP contribution in [-0.4, -0.2) is 30.3 Å². The second kappa shape index (κ2) is 7.46. The van der Waals surface area contributed by atoms with Gasteiger partial charge in [-0.15, -0.1) is 11.3 Å². The molecule has 1 unspecified atom stereocenters. The lowest BCUT2D eigenvalue weighted by Gasteiger charge is -2.31. The smallest absolute Gasteiger partial charge is 0.232 e. The molecule has 0 radical (unpaired) electrons. The molecule has 1 fully saturated rings. The second-order valence-corrected chi connectivity index (χ2v) is 8.27. The molecule has 27 heavy (non-hydrogen) atoms. The summed E-state index contributed by atoms with van der Waals surface area (Å²) >= 11 is 1.33.